The molecule has 12 rings (SSSR count). The lowest BCUT2D eigenvalue weighted by Crippen LogP contribution is -2.26. The van der Waals surface area contributed by atoms with Crippen LogP contribution in [0.1, 0.15) is 22.3 Å². The molecular formula is C55H35NO. The first-order valence-electron chi connectivity index (χ1n) is 19.7. The van der Waals surface area contributed by atoms with E-state index in [0.717, 1.165) is 61.3 Å². The third-order valence-electron chi connectivity index (χ3n) is 12.3. The zero-order valence-corrected chi connectivity index (χ0v) is 31.1. The molecule has 10 aromatic rings. The number of anilines is 3. The maximum Gasteiger partial charge on any atom is 0.136 e. The molecule has 2 nitrogen and oxygen atoms in total. The highest BCUT2D eigenvalue weighted by Gasteiger charge is 2.51. The van der Waals surface area contributed by atoms with Crippen LogP contribution >= 0.6 is 0 Å². The van der Waals surface area contributed by atoms with E-state index < -0.39 is 5.41 Å². The molecule has 1 spiro atoms. The largest absolute Gasteiger partial charge is 0.456 e. The molecule has 0 bridgehead atoms. The van der Waals surface area contributed by atoms with E-state index in [2.05, 4.69) is 211 Å². The number of rotatable bonds is 5. The lowest BCUT2D eigenvalue weighted by Gasteiger charge is -2.33. The van der Waals surface area contributed by atoms with Crippen molar-refractivity contribution in [3.8, 4) is 44.5 Å². The second-order valence-corrected chi connectivity index (χ2v) is 15.2. The highest BCUT2D eigenvalue weighted by molar-refractivity contribution is 6.07. The van der Waals surface area contributed by atoms with E-state index in [0.29, 0.717) is 0 Å². The minimum Gasteiger partial charge on any atom is -0.456 e. The van der Waals surface area contributed by atoms with E-state index in [4.69, 9.17) is 4.42 Å². The van der Waals surface area contributed by atoms with Crippen LogP contribution in [0.25, 0.3) is 66.4 Å². The van der Waals surface area contributed by atoms with E-state index in [1.54, 1.807) is 0 Å². The minimum absolute atomic E-state index is 0.446. The quantitative estimate of drug-likeness (QED) is 0.176. The molecule has 0 amide bonds. The third kappa shape index (κ3) is 4.53. The van der Waals surface area contributed by atoms with E-state index >= 15 is 0 Å². The Balaban J connectivity index is 1.15. The summed E-state index contributed by atoms with van der Waals surface area (Å²) in [5, 5.41) is 2.25. The summed E-state index contributed by atoms with van der Waals surface area (Å²) in [5.74, 6) is 0. The highest BCUT2D eigenvalue weighted by Crippen LogP contribution is 2.63. The fourth-order valence-electron chi connectivity index (χ4n) is 10.00. The molecule has 0 fully saturated rings. The molecule has 9 aromatic carbocycles. The molecule has 0 N–H and O–H groups in total. The second kappa shape index (κ2) is 12.3. The summed E-state index contributed by atoms with van der Waals surface area (Å²) in [6.45, 7) is 0. The normalized spacial score (nSPS) is 13.1. The Morgan fingerprint density at radius 1 is 0.333 bits per heavy atom. The topological polar surface area (TPSA) is 16.4 Å². The summed E-state index contributed by atoms with van der Waals surface area (Å²) < 4.78 is 6.51. The number of hydrogen-bond acceptors (Lipinski definition) is 2. The first-order valence-corrected chi connectivity index (χ1v) is 19.7. The summed E-state index contributed by atoms with van der Waals surface area (Å²) in [5.41, 5.74) is 19.7. The standard InChI is InChI=1S/C55H35NO/c1-3-16-36(17-4-1)40-24-15-28-51(54(40)37-30-32-46-45-23-10-14-29-52(45)57-53(46)34-37)56(38-18-5-2-6-19-38)39-31-33-44-43-22-9-13-27-49(43)55(50(44)35-39)47-25-11-7-20-41(47)42-21-8-12-26-48(42)55/h1-35H. The average Bonchev–Trinajstić information content (AvgIpc) is 3.91. The van der Waals surface area contributed by atoms with Crippen LogP contribution in [0, 0.1) is 0 Å². The molecule has 0 radical (unpaired) electrons. The van der Waals surface area contributed by atoms with Gasteiger partial charge in [-0.1, -0.05) is 164 Å². The molecular weight excluding hydrogens is 691 g/mol. The van der Waals surface area contributed by atoms with Crippen LogP contribution in [-0.4, -0.2) is 0 Å². The van der Waals surface area contributed by atoms with Crippen LogP contribution in [0.2, 0.25) is 0 Å². The molecule has 0 saturated carbocycles. The van der Waals surface area contributed by atoms with Crippen LogP contribution in [0.15, 0.2) is 217 Å². The number of nitrogens with zero attached hydrogens (tertiary/aromatic N) is 1. The van der Waals surface area contributed by atoms with Crippen molar-refractivity contribution in [1.82, 2.24) is 0 Å². The zero-order chi connectivity index (χ0) is 37.5. The summed E-state index contributed by atoms with van der Waals surface area (Å²) in [4.78, 5) is 2.45. The van der Waals surface area contributed by atoms with E-state index in [1.807, 2.05) is 6.07 Å². The SMILES string of the molecule is c1ccc(-c2cccc(N(c3ccccc3)c3ccc4c(c3)C3(c5ccccc5-c5ccccc53)c3ccccc3-4)c2-c2ccc3c(c2)oc2ccccc23)cc1. The van der Waals surface area contributed by atoms with Gasteiger partial charge in [0.25, 0.3) is 0 Å². The molecule has 57 heavy (non-hydrogen) atoms. The molecule has 0 aliphatic heterocycles. The van der Waals surface area contributed by atoms with Gasteiger partial charge in [-0.25, -0.2) is 0 Å². The van der Waals surface area contributed by atoms with Gasteiger partial charge in [0.05, 0.1) is 11.1 Å². The van der Waals surface area contributed by atoms with Crippen molar-refractivity contribution in [3.63, 3.8) is 0 Å². The van der Waals surface area contributed by atoms with Gasteiger partial charge in [0.1, 0.15) is 11.2 Å². The van der Waals surface area contributed by atoms with Gasteiger partial charge in [0, 0.05) is 27.7 Å². The first-order chi connectivity index (χ1) is 28.3. The van der Waals surface area contributed by atoms with Gasteiger partial charge >= 0.3 is 0 Å². The van der Waals surface area contributed by atoms with Crippen molar-refractivity contribution in [2.75, 3.05) is 4.90 Å². The van der Waals surface area contributed by atoms with Crippen LogP contribution in [-0.2, 0) is 5.41 Å². The maximum atomic E-state index is 6.51. The molecule has 2 heteroatoms. The third-order valence-corrected chi connectivity index (χ3v) is 12.3. The molecule has 0 saturated heterocycles. The highest BCUT2D eigenvalue weighted by atomic mass is 16.3. The summed E-state index contributed by atoms with van der Waals surface area (Å²) in [7, 11) is 0. The Kier molecular flexibility index (Phi) is 6.88. The van der Waals surface area contributed by atoms with Gasteiger partial charge in [-0.2, -0.15) is 0 Å². The van der Waals surface area contributed by atoms with Crippen LogP contribution in [0.4, 0.5) is 17.1 Å². The molecule has 0 unspecified atom stereocenters. The number of para-hydroxylation sites is 2. The molecule has 1 heterocycles. The van der Waals surface area contributed by atoms with E-state index in [9.17, 15) is 0 Å². The van der Waals surface area contributed by atoms with Crippen molar-refractivity contribution >= 4 is 39.0 Å². The average molecular weight is 726 g/mol. The molecule has 266 valence electrons. The predicted molar refractivity (Wildman–Crippen MR) is 236 cm³/mol. The molecule has 0 atom stereocenters. The zero-order valence-electron chi connectivity index (χ0n) is 31.1. The number of hydrogen-bond donors (Lipinski definition) is 0. The Hall–Kier alpha value is -7.42. The second-order valence-electron chi connectivity index (χ2n) is 15.2. The van der Waals surface area contributed by atoms with Crippen molar-refractivity contribution in [1.29, 1.82) is 0 Å². The maximum absolute atomic E-state index is 6.51. The van der Waals surface area contributed by atoms with Crippen molar-refractivity contribution in [2.45, 2.75) is 5.41 Å². The van der Waals surface area contributed by atoms with Gasteiger partial charge in [-0.05, 0) is 110 Å². The Bertz CT molecular complexity index is 3130. The van der Waals surface area contributed by atoms with E-state index in [-0.39, 0.29) is 0 Å². The van der Waals surface area contributed by atoms with Crippen molar-refractivity contribution < 1.29 is 4.42 Å². The van der Waals surface area contributed by atoms with E-state index in [1.165, 1.54) is 44.5 Å². The van der Waals surface area contributed by atoms with Crippen molar-refractivity contribution in [2.24, 2.45) is 0 Å². The van der Waals surface area contributed by atoms with Crippen LogP contribution < -0.4 is 4.90 Å². The summed E-state index contributed by atoms with van der Waals surface area (Å²) in [6, 6.07) is 77.5. The number of fused-ring (bicyclic) bond motifs is 13. The molecule has 2 aliphatic carbocycles. The Labute approximate surface area is 331 Å². The summed E-state index contributed by atoms with van der Waals surface area (Å²) in [6.07, 6.45) is 0. The van der Waals surface area contributed by atoms with Crippen molar-refractivity contribution in [3.05, 3.63) is 235 Å². The predicted octanol–water partition coefficient (Wildman–Crippen LogP) is 14.7. The van der Waals surface area contributed by atoms with Crippen LogP contribution in [0.5, 0.6) is 0 Å². The Morgan fingerprint density at radius 3 is 1.60 bits per heavy atom. The number of furan rings is 1. The lowest BCUT2D eigenvalue weighted by molar-refractivity contribution is 0.669. The molecule has 1 aromatic heterocycles. The lowest BCUT2D eigenvalue weighted by atomic mass is 9.70. The smallest absolute Gasteiger partial charge is 0.136 e. The molecule has 2 aliphatic rings. The van der Waals surface area contributed by atoms with Gasteiger partial charge in [0.2, 0.25) is 0 Å². The van der Waals surface area contributed by atoms with Gasteiger partial charge in [-0.15, -0.1) is 0 Å². The van der Waals surface area contributed by atoms with Crippen LogP contribution in [0.3, 0.4) is 0 Å². The van der Waals surface area contributed by atoms with Gasteiger partial charge < -0.3 is 9.32 Å². The monoisotopic (exact) mass is 725 g/mol. The number of benzene rings is 9. The first kappa shape index (κ1) is 31.9. The van der Waals surface area contributed by atoms with Gasteiger partial charge in [-0.3, -0.25) is 0 Å². The fourth-order valence-corrected chi connectivity index (χ4v) is 10.00. The fraction of sp³-hybridized carbons (Fsp3) is 0.0182. The Morgan fingerprint density at radius 2 is 0.895 bits per heavy atom. The summed E-state index contributed by atoms with van der Waals surface area (Å²) >= 11 is 0. The minimum atomic E-state index is -0.446. The van der Waals surface area contributed by atoms with Gasteiger partial charge in [0.15, 0.2) is 0 Å².